The molecular formula is C21H25F2NO3. The van der Waals surface area contributed by atoms with E-state index in [2.05, 4.69) is 17.0 Å². The zero-order chi connectivity index (χ0) is 19.6. The number of rotatable bonds is 10. The van der Waals surface area contributed by atoms with E-state index in [0.717, 1.165) is 17.5 Å². The molecule has 2 aromatic carbocycles. The summed E-state index contributed by atoms with van der Waals surface area (Å²) in [6, 6.07) is 14.8. The lowest BCUT2D eigenvalue weighted by Crippen LogP contribution is -2.27. The van der Waals surface area contributed by atoms with Crippen molar-refractivity contribution in [2.24, 2.45) is 0 Å². The Morgan fingerprint density at radius 2 is 1.85 bits per heavy atom. The first-order valence-corrected chi connectivity index (χ1v) is 8.96. The van der Waals surface area contributed by atoms with Crippen LogP contribution in [0.1, 0.15) is 36.8 Å². The maximum absolute atomic E-state index is 12.5. The first-order valence-electron chi connectivity index (χ1n) is 8.96. The third kappa shape index (κ3) is 6.55. The van der Waals surface area contributed by atoms with Crippen molar-refractivity contribution in [2.45, 2.75) is 38.7 Å². The highest BCUT2D eigenvalue weighted by atomic mass is 19.3. The Bertz CT molecular complexity index is 723. The molecule has 0 aromatic heterocycles. The second-order valence-corrected chi connectivity index (χ2v) is 6.18. The number of halogens is 2. The van der Waals surface area contributed by atoms with Crippen LogP contribution in [0.25, 0.3) is 0 Å². The van der Waals surface area contributed by atoms with Gasteiger partial charge in [0.25, 0.3) is 0 Å². The summed E-state index contributed by atoms with van der Waals surface area (Å²) in [5.41, 5.74) is 1.93. The van der Waals surface area contributed by atoms with Gasteiger partial charge in [0.05, 0.1) is 7.11 Å². The average Bonchev–Trinajstić information content (AvgIpc) is 2.66. The number of methoxy groups -OCH3 is 1. The van der Waals surface area contributed by atoms with Gasteiger partial charge in [-0.05, 0) is 42.0 Å². The molecule has 0 saturated carbocycles. The number of carbonyl (C=O) groups excluding carboxylic acids is 1. The highest BCUT2D eigenvalue weighted by molar-refractivity contribution is 5.76. The van der Waals surface area contributed by atoms with Gasteiger partial charge in [0, 0.05) is 13.0 Å². The lowest BCUT2D eigenvalue weighted by atomic mass is 9.93. The number of ether oxygens (including phenoxy) is 2. The molecule has 0 bridgehead atoms. The fourth-order valence-corrected chi connectivity index (χ4v) is 2.93. The van der Waals surface area contributed by atoms with Gasteiger partial charge in [-0.15, -0.1) is 0 Å². The largest absolute Gasteiger partial charge is 0.493 e. The molecule has 0 fully saturated rings. The summed E-state index contributed by atoms with van der Waals surface area (Å²) in [6.07, 6.45) is 1.81. The fraction of sp³-hybridized carbons (Fsp3) is 0.381. The summed E-state index contributed by atoms with van der Waals surface area (Å²) in [6.45, 7) is -0.435. The quantitative estimate of drug-likeness (QED) is 0.661. The van der Waals surface area contributed by atoms with Crippen molar-refractivity contribution in [2.75, 3.05) is 13.7 Å². The number of amides is 1. The van der Waals surface area contributed by atoms with Gasteiger partial charge < -0.3 is 14.8 Å². The van der Waals surface area contributed by atoms with Crippen molar-refractivity contribution >= 4 is 5.91 Å². The van der Waals surface area contributed by atoms with Gasteiger partial charge in [0.2, 0.25) is 5.91 Å². The SMILES string of the molecule is CCC(CC(=O)NCCc1ccc(OC)c(OC(F)F)c1)c1ccccc1. The van der Waals surface area contributed by atoms with E-state index in [9.17, 15) is 13.6 Å². The normalized spacial score (nSPS) is 11.9. The van der Waals surface area contributed by atoms with Gasteiger partial charge in [-0.1, -0.05) is 43.3 Å². The molecule has 0 saturated heterocycles. The molecule has 146 valence electrons. The third-order valence-corrected chi connectivity index (χ3v) is 4.38. The van der Waals surface area contributed by atoms with Crippen molar-refractivity contribution in [3.63, 3.8) is 0 Å². The monoisotopic (exact) mass is 377 g/mol. The van der Waals surface area contributed by atoms with Gasteiger partial charge in [-0.3, -0.25) is 4.79 Å². The zero-order valence-corrected chi connectivity index (χ0v) is 15.6. The summed E-state index contributed by atoms with van der Waals surface area (Å²) in [7, 11) is 1.39. The summed E-state index contributed by atoms with van der Waals surface area (Å²) in [5, 5.41) is 2.90. The Morgan fingerprint density at radius 1 is 1.11 bits per heavy atom. The van der Waals surface area contributed by atoms with Crippen LogP contribution in [0.5, 0.6) is 11.5 Å². The number of hydrogen-bond acceptors (Lipinski definition) is 3. The van der Waals surface area contributed by atoms with E-state index in [-0.39, 0.29) is 23.3 Å². The van der Waals surface area contributed by atoms with Crippen LogP contribution in [0.15, 0.2) is 48.5 Å². The molecule has 1 amide bonds. The van der Waals surface area contributed by atoms with E-state index in [1.165, 1.54) is 13.2 Å². The van der Waals surface area contributed by atoms with Crippen LogP contribution in [0.2, 0.25) is 0 Å². The predicted octanol–water partition coefficient (Wildman–Crippen LogP) is 4.54. The molecule has 0 heterocycles. The van der Waals surface area contributed by atoms with Crippen molar-refractivity contribution in [1.82, 2.24) is 5.32 Å². The smallest absolute Gasteiger partial charge is 0.387 e. The molecule has 1 N–H and O–H groups in total. The molecule has 2 aromatic rings. The minimum atomic E-state index is -2.92. The summed E-state index contributed by atoms with van der Waals surface area (Å²) < 4.78 is 34.5. The molecule has 2 rings (SSSR count). The van der Waals surface area contributed by atoms with Crippen LogP contribution in [-0.4, -0.2) is 26.2 Å². The van der Waals surface area contributed by atoms with Crippen molar-refractivity contribution in [3.8, 4) is 11.5 Å². The Morgan fingerprint density at radius 3 is 2.48 bits per heavy atom. The van der Waals surface area contributed by atoms with Crippen LogP contribution in [0.4, 0.5) is 8.78 Å². The summed E-state index contributed by atoms with van der Waals surface area (Å²) >= 11 is 0. The second-order valence-electron chi connectivity index (χ2n) is 6.18. The van der Waals surface area contributed by atoms with Crippen molar-refractivity contribution in [3.05, 3.63) is 59.7 Å². The Balaban J connectivity index is 1.87. The van der Waals surface area contributed by atoms with Gasteiger partial charge in [0.15, 0.2) is 11.5 Å². The number of benzene rings is 2. The van der Waals surface area contributed by atoms with Crippen LogP contribution in [-0.2, 0) is 11.2 Å². The second kappa shape index (κ2) is 10.5. The highest BCUT2D eigenvalue weighted by Gasteiger charge is 2.14. The van der Waals surface area contributed by atoms with Gasteiger partial charge >= 0.3 is 6.61 Å². The highest BCUT2D eigenvalue weighted by Crippen LogP contribution is 2.29. The molecule has 0 radical (unpaired) electrons. The zero-order valence-electron chi connectivity index (χ0n) is 15.6. The first-order chi connectivity index (χ1) is 13.0. The standard InChI is InChI=1S/C21H25F2NO3/c1-3-16(17-7-5-4-6-8-17)14-20(25)24-12-11-15-9-10-18(26-2)19(13-15)27-21(22)23/h4-10,13,16,21H,3,11-12,14H2,1-2H3,(H,24,25). The molecule has 27 heavy (non-hydrogen) atoms. The first kappa shape index (κ1) is 20.7. The molecule has 1 unspecified atom stereocenters. The lowest BCUT2D eigenvalue weighted by Gasteiger charge is -2.15. The molecule has 0 spiro atoms. The van der Waals surface area contributed by atoms with Gasteiger partial charge in [-0.2, -0.15) is 8.78 Å². The van der Waals surface area contributed by atoms with Crippen molar-refractivity contribution < 1.29 is 23.0 Å². The minimum absolute atomic E-state index is 0.00792. The third-order valence-electron chi connectivity index (χ3n) is 4.38. The predicted molar refractivity (Wildman–Crippen MR) is 100 cm³/mol. The maximum Gasteiger partial charge on any atom is 0.387 e. The lowest BCUT2D eigenvalue weighted by molar-refractivity contribution is -0.121. The number of nitrogens with one attached hydrogen (secondary N) is 1. The topological polar surface area (TPSA) is 47.6 Å². The number of hydrogen-bond donors (Lipinski definition) is 1. The van der Waals surface area contributed by atoms with E-state index in [0.29, 0.717) is 19.4 Å². The van der Waals surface area contributed by atoms with Gasteiger partial charge in [0.1, 0.15) is 0 Å². The maximum atomic E-state index is 12.5. The molecule has 0 aliphatic rings. The molecule has 0 aliphatic heterocycles. The molecule has 4 nitrogen and oxygen atoms in total. The van der Waals surface area contributed by atoms with E-state index in [1.54, 1.807) is 12.1 Å². The van der Waals surface area contributed by atoms with Crippen molar-refractivity contribution in [1.29, 1.82) is 0 Å². The number of alkyl halides is 2. The van der Waals surface area contributed by atoms with Crippen LogP contribution < -0.4 is 14.8 Å². The van der Waals surface area contributed by atoms with Crippen LogP contribution >= 0.6 is 0 Å². The minimum Gasteiger partial charge on any atom is -0.493 e. The number of carbonyl (C=O) groups is 1. The molecule has 0 aliphatic carbocycles. The fourth-order valence-electron chi connectivity index (χ4n) is 2.93. The Kier molecular flexibility index (Phi) is 8.04. The Hall–Kier alpha value is -2.63. The molecular weight excluding hydrogens is 352 g/mol. The summed E-state index contributed by atoms with van der Waals surface area (Å²) in [5.74, 6) is 0.393. The summed E-state index contributed by atoms with van der Waals surface area (Å²) in [4.78, 5) is 12.2. The van der Waals surface area contributed by atoms with E-state index in [4.69, 9.17) is 4.74 Å². The Labute approximate surface area is 158 Å². The average molecular weight is 377 g/mol. The van der Waals surface area contributed by atoms with E-state index < -0.39 is 6.61 Å². The van der Waals surface area contributed by atoms with E-state index >= 15 is 0 Å². The molecule has 1 atom stereocenters. The molecule has 6 heteroatoms. The van der Waals surface area contributed by atoms with Crippen LogP contribution in [0.3, 0.4) is 0 Å². The van der Waals surface area contributed by atoms with Gasteiger partial charge in [-0.25, -0.2) is 0 Å². The van der Waals surface area contributed by atoms with E-state index in [1.807, 2.05) is 30.3 Å². The van der Waals surface area contributed by atoms with Crippen LogP contribution in [0, 0.1) is 0 Å².